The Kier molecular flexibility index (Phi) is 6.92. The largest absolute Gasteiger partial charge is 0.495 e. The van der Waals surface area contributed by atoms with E-state index < -0.39 is 25.5 Å². The Bertz CT molecular complexity index is 1150. The van der Waals surface area contributed by atoms with Crippen molar-refractivity contribution in [3.8, 4) is 17.5 Å². The molecule has 0 radical (unpaired) electrons. The SMILES string of the molecule is [2H]C([2H])([2H])Oc1cc(CCC(F)(F)F)ccc1-n1c(CC)nc(C(=O)NCC2CCC(C)CC2)c1C#N. The number of amides is 1. The number of benzene rings is 1. The number of carbonyl (C=O) groups is 1. The monoisotopic (exact) mass is 479 g/mol. The van der Waals surface area contributed by atoms with Crippen molar-refractivity contribution in [2.45, 2.75) is 65.0 Å². The Labute approximate surface area is 202 Å². The minimum Gasteiger partial charge on any atom is -0.495 e. The van der Waals surface area contributed by atoms with E-state index in [4.69, 9.17) is 8.85 Å². The molecule has 1 aliphatic carbocycles. The average molecular weight is 480 g/mol. The van der Waals surface area contributed by atoms with Gasteiger partial charge < -0.3 is 10.1 Å². The zero-order chi connectivity index (χ0) is 27.4. The highest BCUT2D eigenvalue weighted by molar-refractivity contribution is 5.94. The Balaban J connectivity index is 1.96. The number of hydrogen-bond donors (Lipinski definition) is 1. The van der Waals surface area contributed by atoms with Gasteiger partial charge in [0.05, 0.1) is 16.8 Å². The van der Waals surface area contributed by atoms with Gasteiger partial charge in [0.25, 0.3) is 5.91 Å². The molecule has 0 unspecified atom stereocenters. The first kappa shape index (κ1) is 21.5. The van der Waals surface area contributed by atoms with Crippen LogP contribution in [0.3, 0.4) is 0 Å². The van der Waals surface area contributed by atoms with Gasteiger partial charge in [0.15, 0.2) is 11.4 Å². The van der Waals surface area contributed by atoms with Gasteiger partial charge in [-0.3, -0.25) is 9.36 Å². The number of alkyl halides is 3. The molecule has 0 saturated heterocycles. The van der Waals surface area contributed by atoms with Crippen LogP contribution in [-0.4, -0.2) is 35.2 Å². The number of nitrogens with one attached hydrogen (secondary N) is 1. The van der Waals surface area contributed by atoms with Crippen molar-refractivity contribution in [2.75, 3.05) is 13.6 Å². The maximum Gasteiger partial charge on any atom is 0.389 e. The van der Waals surface area contributed by atoms with E-state index >= 15 is 0 Å². The van der Waals surface area contributed by atoms with Gasteiger partial charge >= 0.3 is 6.18 Å². The van der Waals surface area contributed by atoms with Crippen LogP contribution in [0.2, 0.25) is 0 Å². The lowest BCUT2D eigenvalue weighted by Gasteiger charge is -2.26. The van der Waals surface area contributed by atoms with Crippen LogP contribution in [0.5, 0.6) is 5.75 Å². The average Bonchev–Trinajstić information content (AvgIpc) is 3.19. The summed E-state index contributed by atoms with van der Waals surface area (Å²) < 4.78 is 67.2. The second kappa shape index (κ2) is 10.9. The predicted molar refractivity (Wildman–Crippen MR) is 122 cm³/mol. The molecule has 0 aliphatic heterocycles. The summed E-state index contributed by atoms with van der Waals surface area (Å²) >= 11 is 0. The fourth-order valence-electron chi connectivity index (χ4n) is 4.35. The second-order valence-corrected chi connectivity index (χ2v) is 8.88. The van der Waals surface area contributed by atoms with E-state index in [-0.39, 0.29) is 34.8 Å². The number of aromatic nitrogens is 2. The highest BCUT2D eigenvalue weighted by Gasteiger charge is 2.28. The molecule has 1 N–H and O–H groups in total. The van der Waals surface area contributed by atoms with E-state index in [1.165, 1.54) is 22.8 Å². The molecule has 184 valence electrons. The molecular formula is C25H31F3N4O2. The maximum absolute atomic E-state index is 13.0. The third-order valence-corrected chi connectivity index (χ3v) is 6.34. The Morgan fingerprint density at radius 1 is 1.35 bits per heavy atom. The van der Waals surface area contributed by atoms with Crippen LogP contribution in [0.1, 0.15) is 77.6 Å². The Morgan fingerprint density at radius 2 is 2.09 bits per heavy atom. The van der Waals surface area contributed by atoms with E-state index in [2.05, 4.69) is 17.2 Å². The number of imidazole rings is 1. The molecule has 1 amide bonds. The standard InChI is InChI=1S/C25H31F3N4O2/c1-4-22-31-23(24(33)30-15-18-7-5-16(2)6-8-18)20(14-29)32(22)19-10-9-17(13-21(19)34-3)11-12-25(26,27)28/h9-10,13,16,18H,4-8,11-12,15H2,1-3H3,(H,30,33)/i3D3. The lowest BCUT2D eigenvalue weighted by molar-refractivity contribution is -0.134. The second-order valence-electron chi connectivity index (χ2n) is 8.88. The lowest BCUT2D eigenvalue weighted by atomic mass is 9.83. The van der Waals surface area contributed by atoms with Crippen molar-refractivity contribution < 1.29 is 26.8 Å². The molecule has 1 aliphatic rings. The zero-order valence-corrected chi connectivity index (χ0v) is 19.3. The van der Waals surface area contributed by atoms with E-state index in [0.29, 0.717) is 30.6 Å². The zero-order valence-electron chi connectivity index (χ0n) is 22.3. The first-order valence-corrected chi connectivity index (χ1v) is 11.5. The minimum atomic E-state index is -4.38. The molecule has 1 aromatic carbocycles. The molecule has 2 aromatic rings. The summed E-state index contributed by atoms with van der Waals surface area (Å²) in [5, 5.41) is 12.8. The van der Waals surface area contributed by atoms with Crippen LogP contribution in [0.4, 0.5) is 13.2 Å². The fraction of sp³-hybridized carbons (Fsp3) is 0.560. The van der Waals surface area contributed by atoms with Crippen LogP contribution in [0.25, 0.3) is 5.69 Å². The van der Waals surface area contributed by atoms with Crippen molar-refractivity contribution in [1.29, 1.82) is 5.26 Å². The van der Waals surface area contributed by atoms with Crippen molar-refractivity contribution >= 4 is 5.91 Å². The van der Waals surface area contributed by atoms with Crippen LogP contribution < -0.4 is 10.1 Å². The molecule has 1 saturated carbocycles. The first-order valence-electron chi connectivity index (χ1n) is 13.0. The summed E-state index contributed by atoms with van der Waals surface area (Å²) in [6.45, 7) is 4.43. The fourth-order valence-corrected chi connectivity index (χ4v) is 4.35. The van der Waals surface area contributed by atoms with E-state index in [1.54, 1.807) is 6.92 Å². The van der Waals surface area contributed by atoms with Crippen molar-refractivity contribution in [1.82, 2.24) is 14.9 Å². The molecule has 6 nitrogen and oxygen atoms in total. The van der Waals surface area contributed by atoms with Crippen molar-refractivity contribution in [3.63, 3.8) is 0 Å². The molecule has 34 heavy (non-hydrogen) atoms. The van der Waals surface area contributed by atoms with Gasteiger partial charge in [-0.15, -0.1) is 0 Å². The quantitative estimate of drug-likeness (QED) is 0.552. The van der Waals surface area contributed by atoms with E-state index in [0.717, 1.165) is 25.7 Å². The smallest absolute Gasteiger partial charge is 0.389 e. The Hall–Kier alpha value is -3.02. The molecule has 1 aromatic heterocycles. The van der Waals surface area contributed by atoms with Gasteiger partial charge in [-0.05, 0) is 48.8 Å². The van der Waals surface area contributed by atoms with Crippen LogP contribution >= 0.6 is 0 Å². The number of carbonyl (C=O) groups excluding carboxylic acids is 1. The normalized spacial score (nSPS) is 20.1. The molecular weight excluding hydrogens is 445 g/mol. The molecule has 1 fully saturated rings. The molecule has 0 atom stereocenters. The minimum absolute atomic E-state index is 0.0930. The van der Waals surface area contributed by atoms with Crippen LogP contribution in [0, 0.1) is 23.2 Å². The molecule has 0 bridgehead atoms. The summed E-state index contributed by atoms with van der Waals surface area (Å²) in [6.07, 6.45) is -1.31. The van der Waals surface area contributed by atoms with Gasteiger partial charge in [-0.2, -0.15) is 18.4 Å². The van der Waals surface area contributed by atoms with Gasteiger partial charge in [0, 0.05) is 19.4 Å². The number of hydrogen-bond acceptors (Lipinski definition) is 4. The first-order chi connectivity index (χ1) is 17.3. The number of ether oxygens (including phenoxy) is 1. The summed E-state index contributed by atoms with van der Waals surface area (Å²) in [5.41, 5.74) is 0.124. The van der Waals surface area contributed by atoms with Crippen LogP contribution in [0.15, 0.2) is 18.2 Å². The summed E-state index contributed by atoms with van der Waals surface area (Å²) in [6, 6.07) is 6.01. The molecule has 1 heterocycles. The van der Waals surface area contributed by atoms with Crippen molar-refractivity contribution in [3.05, 3.63) is 41.0 Å². The number of methoxy groups -OCH3 is 1. The molecule has 3 rings (SSSR count). The van der Waals surface area contributed by atoms with E-state index in [9.17, 15) is 23.2 Å². The van der Waals surface area contributed by atoms with Gasteiger partial charge in [-0.25, -0.2) is 4.98 Å². The number of nitriles is 1. The summed E-state index contributed by atoms with van der Waals surface area (Å²) in [5.74, 6) is 0.593. The van der Waals surface area contributed by atoms with Crippen LogP contribution in [-0.2, 0) is 12.8 Å². The number of aryl methyl sites for hydroxylation is 2. The predicted octanol–water partition coefficient (Wildman–Crippen LogP) is 5.37. The summed E-state index contributed by atoms with van der Waals surface area (Å²) in [4.78, 5) is 17.4. The summed E-state index contributed by atoms with van der Waals surface area (Å²) in [7, 11) is -2.89. The number of rotatable bonds is 8. The van der Waals surface area contributed by atoms with E-state index in [1.807, 2.05) is 6.07 Å². The number of nitrogens with zero attached hydrogens (tertiary/aromatic N) is 3. The Morgan fingerprint density at radius 3 is 2.71 bits per heavy atom. The third-order valence-electron chi connectivity index (χ3n) is 6.34. The highest BCUT2D eigenvalue weighted by atomic mass is 19.4. The van der Waals surface area contributed by atoms with Gasteiger partial charge in [-0.1, -0.05) is 32.8 Å². The van der Waals surface area contributed by atoms with Gasteiger partial charge in [0.1, 0.15) is 17.6 Å². The molecule has 0 spiro atoms. The lowest BCUT2D eigenvalue weighted by Crippen LogP contribution is -2.31. The van der Waals surface area contributed by atoms with Crippen molar-refractivity contribution in [2.24, 2.45) is 11.8 Å². The number of halogens is 3. The highest BCUT2D eigenvalue weighted by Crippen LogP contribution is 2.31. The molecule has 9 heteroatoms. The maximum atomic E-state index is 13.0. The van der Waals surface area contributed by atoms with Gasteiger partial charge in [0.2, 0.25) is 0 Å². The third kappa shape index (κ3) is 6.10. The topological polar surface area (TPSA) is 79.9 Å².